The van der Waals surface area contributed by atoms with Gasteiger partial charge in [0.1, 0.15) is 6.61 Å². The molecule has 0 radical (unpaired) electrons. The summed E-state index contributed by atoms with van der Waals surface area (Å²) in [4.78, 5) is 11.2. The molecule has 1 amide bonds. The van der Waals surface area contributed by atoms with Crippen LogP contribution in [0.25, 0.3) is 10.9 Å². The molecule has 0 atom stereocenters. The highest BCUT2D eigenvalue weighted by Crippen LogP contribution is 2.21. The molecule has 4 nitrogen and oxygen atoms in total. The average molecular weight is 312 g/mol. The fraction of sp³-hybridized carbons (Fsp3) is 0.267. The molecule has 0 saturated carbocycles. The van der Waals surface area contributed by atoms with Gasteiger partial charge in [0.25, 0.3) is 0 Å². The highest BCUT2D eigenvalue weighted by atomic mass is 19.4. The number of amides is 1. The number of carbonyl (C=O) groups is 1. The van der Waals surface area contributed by atoms with Gasteiger partial charge >= 0.3 is 6.18 Å². The van der Waals surface area contributed by atoms with Crippen molar-refractivity contribution in [2.75, 3.05) is 18.5 Å². The summed E-state index contributed by atoms with van der Waals surface area (Å²) in [5.41, 5.74) is 1.48. The Balaban J connectivity index is 2.00. The highest BCUT2D eigenvalue weighted by molar-refractivity contribution is 6.00. The van der Waals surface area contributed by atoms with Gasteiger partial charge < -0.3 is 14.6 Å². The van der Waals surface area contributed by atoms with Gasteiger partial charge in [-0.25, -0.2) is 0 Å². The molecule has 0 saturated heterocycles. The van der Waals surface area contributed by atoms with Gasteiger partial charge in [-0.1, -0.05) is 6.58 Å². The first-order valence-corrected chi connectivity index (χ1v) is 6.56. The van der Waals surface area contributed by atoms with Crippen LogP contribution < -0.4 is 5.32 Å². The van der Waals surface area contributed by atoms with Crippen molar-refractivity contribution in [3.8, 4) is 0 Å². The van der Waals surface area contributed by atoms with Crippen molar-refractivity contribution < 1.29 is 22.7 Å². The van der Waals surface area contributed by atoms with E-state index in [-0.39, 0.29) is 12.5 Å². The number of rotatable bonds is 6. The normalized spacial score (nSPS) is 11.6. The SMILES string of the molecule is C=CC(=O)Nc1ccc2c(ccn2CCOCC(F)(F)F)c1. The summed E-state index contributed by atoms with van der Waals surface area (Å²) < 4.78 is 42.3. The molecule has 2 rings (SSSR count). The van der Waals surface area contributed by atoms with Gasteiger partial charge in [0.05, 0.1) is 6.61 Å². The minimum atomic E-state index is -4.31. The molecule has 1 N–H and O–H groups in total. The second-order valence-corrected chi connectivity index (χ2v) is 4.64. The second kappa shape index (κ2) is 6.65. The lowest BCUT2D eigenvalue weighted by Gasteiger charge is -2.09. The Morgan fingerprint density at radius 3 is 2.82 bits per heavy atom. The summed E-state index contributed by atoms with van der Waals surface area (Å²) in [6.07, 6.45) is -1.37. The zero-order valence-electron chi connectivity index (χ0n) is 11.7. The quantitative estimate of drug-likeness (QED) is 0.656. The number of alkyl halides is 3. The number of benzene rings is 1. The molecule has 0 unspecified atom stereocenters. The fourth-order valence-corrected chi connectivity index (χ4v) is 2.02. The van der Waals surface area contributed by atoms with Gasteiger partial charge in [0.2, 0.25) is 5.91 Å². The highest BCUT2D eigenvalue weighted by Gasteiger charge is 2.27. The van der Waals surface area contributed by atoms with Crippen molar-refractivity contribution in [2.45, 2.75) is 12.7 Å². The smallest absolute Gasteiger partial charge is 0.370 e. The summed E-state index contributed by atoms with van der Waals surface area (Å²) >= 11 is 0. The van der Waals surface area contributed by atoms with Crippen molar-refractivity contribution in [3.63, 3.8) is 0 Å². The van der Waals surface area contributed by atoms with E-state index in [9.17, 15) is 18.0 Å². The summed E-state index contributed by atoms with van der Waals surface area (Å²) in [7, 11) is 0. The van der Waals surface area contributed by atoms with Gasteiger partial charge in [-0.05, 0) is 30.3 Å². The van der Waals surface area contributed by atoms with Crippen LogP contribution in [0, 0.1) is 0 Å². The predicted molar refractivity (Wildman–Crippen MR) is 77.6 cm³/mol. The van der Waals surface area contributed by atoms with E-state index in [0.29, 0.717) is 12.2 Å². The maximum atomic E-state index is 12.0. The zero-order valence-corrected chi connectivity index (χ0v) is 11.7. The molecule has 1 heterocycles. The number of nitrogens with zero attached hydrogens (tertiary/aromatic N) is 1. The number of hydrogen-bond donors (Lipinski definition) is 1. The molecule has 22 heavy (non-hydrogen) atoms. The van der Waals surface area contributed by atoms with Crippen LogP contribution in [-0.4, -0.2) is 29.9 Å². The first kappa shape index (κ1) is 16.1. The monoisotopic (exact) mass is 312 g/mol. The molecule has 118 valence electrons. The van der Waals surface area contributed by atoms with E-state index < -0.39 is 12.8 Å². The number of aromatic nitrogens is 1. The Bertz CT molecular complexity index is 677. The number of ether oxygens (including phenoxy) is 1. The third-order valence-corrected chi connectivity index (χ3v) is 2.97. The lowest BCUT2D eigenvalue weighted by Crippen LogP contribution is -2.18. The average Bonchev–Trinajstić information content (AvgIpc) is 2.85. The summed E-state index contributed by atoms with van der Waals surface area (Å²) in [5.74, 6) is -0.306. The fourth-order valence-electron chi connectivity index (χ4n) is 2.02. The van der Waals surface area contributed by atoms with Crippen LogP contribution >= 0.6 is 0 Å². The van der Waals surface area contributed by atoms with E-state index in [4.69, 9.17) is 0 Å². The maximum Gasteiger partial charge on any atom is 0.411 e. The first-order chi connectivity index (χ1) is 10.4. The number of nitrogens with one attached hydrogen (secondary N) is 1. The van der Waals surface area contributed by atoms with Crippen molar-refractivity contribution in [2.24, 2.45) is 0 Å². The third kappa shape index (κ3) is 4.36. The van der Waals surface area contributed by atoms with Crippen LogP contribution in [0.2, 0.25) is 0 Å². The topological polar surface area (TPSA) is 43.3 Å². The van der Waals surface area contributed by atoms with Crippen LogP contribution in [-0.2, 0) is 16.1 Å². The second-order valence-electron chi connectivity index (χ2n) is 4.64. The van der Waals surface area contributed by atoms with Gasteiger partial charge in [0.15, 0.2) is 0 Å². The molecule has 0 bridgehead atoms. The minimum absolute atomic E-state index is 0.0295. The van der Waals surface area contributed by atoms with E-state index in [0.717, 1.165) is 10.9 Å². The summed E-state index contributed by atoms with van der Waals surface area (Å²) in [6, 6.07) is 7.11. The molecular formula is C15H15F3N2O2. The molecule has 2 aromatic rings. The van der Waals surface area contributed by atoms with Gasteiger partial charge in [0, 0.05) is 29.3 Å². The Hall–Kier alpha value is -2.28. The number of carbonyl (C=O) groups excluding carboxylic acids is 1. The van der Waals surface area contributed by atoms with Crippen LogP contribution in [0.1, 0.15) is 0 Å². The molecule has 1 aromatic heterocycles. The summed E-state index contributed by atoms with van der Waals surface area (Å²) in [6.45, 7) is 2.41. The van der Waals surface area contributed by atoms with E-state index >= 15 is 0 Å². The maximum absolute atomic E-state index is 12.0. The lowest BCUT2D eigenvalue weighted by molar-refractivity contribution is -0.174. The van der Waals surface area contributed by atoms with E-state index in [1.807, 2.05) is 6.07 Å². The standard InChI is InChI=1S/C15H15F3N2O2/c1-2-14(21)19-12-3-4-13-11(9-12)5-6-20(13)7-8-22-10-15(16,17)18/h2-6,9H,1,7-8,10H2,(H,19,21). The van der Waals surface area contributed by atoms with Crippen LogP contribution in [0.4, 0.5) is 18.9 Å². The van der Waals surface area contributed by atoms with Crippen LogP contribution in [0.3, 0.4) is 0 Å². The van der Waals surface area contributed by atoms with Crippen molar-refractivity contribution in [1.82, 2.24) is 4.57 Å². The van der Waals surface area contributed by atoms with Crippen molar-refractivity contribution in [3.05, 3.63) is 43.1 Å². The molecule has 0 aliphatic heterocycles. The van der Waals surface area contributed by atoms with Crippen molar-refractivity contribution >= 4 is 22.5 Å². The minimum Gasteiger partial charge on any atom is -0.370 e. The zero-order chi connectivity index (χ0) is 16.2. The van der Waals surface area contributed by atoms with Gasteiger partial charge in [-0.15, -0.1) is 0 Å². The van der Waals surface area contributed by atoms with Crippen LogP contribution in [0.15, 0.2) is 43.1 Å². The number of fused-ring (bicyclic) bond motifs is 1. The Kier molecular flexibility index (Phi) is 4.87. The predicted octanol–water partition coefficient (Wildman–Crippen LogP) is 3.34. The third-order valence-electron chi connectivity index (χ3n) is 2.97. The Morgan fingerprint density at radius 2 is 2.14 bits per heavy atom. The number of hydrogen-bond acceptors (Lipinski definition) is 2. The Morgan fingerprint density at radius 1 is 1.36 bits per heavy atom. The molecule has 7 heteroatoms. The summed E-state index contributed by atoms with van der Waals surface area (Å²) in [5, 5.41) is 3.52. The molecule has 0 spiro atoms. The van der Waals surface area contributed by atoms with Gasteiger partial charge in [-0.2, -0.15) is 13.2 Å². The lowest BCUT2D eigenvalue weighted by atomic mass is 10.2. The van der Waals surface area contributed by atoms with E-state index in [2.05, 4.69) is 16.6 Å². The Labute approximate surface area is 125 Å². The molecule has 0 aliphatic rings. The molecule has 0 fully saturated rings. The largest absolute Gasteiger partial charge is 0.411 e. The first-order valence-electron chi connectivity index (χ1n) is 6.56. The number of anilines is 1. The van der Waals surface area contributed by atoms with Crippen LogP contribution in [0.5, 0.6) is 0 Å². The molecular weight excluding hydrogens is 297 g/mol. The molecule has 0 aliphatic carbocycles. The van der Waals surface area contributed by atoms with Gasteiger partial charge in [-0.3, -0.25) is 4.79 Å². The molecule has 1 aromatic carbocycles. The van der Waals surface area contributed by atoms with E-state index in [1.165, 1.54) is 6.08 Å². The number of halogens is 3. The van der Waals surface area contributed by atoms with Crippen molar-refractivity contribution in [1.29, 1.82) is 0 Å². The van der Waals surface area contributed by atoms with E-state index in [1.54, 1.807) is 29.0 Å².